The Labute approximate surface area is 143 Å². The Morgan fingerprint density at radius 1 is 1.21 bits per heavy atom. The summed E-state index contributed by atoms with van der Waals surface area (Å²) in [6.07, 6.45) is 1.10. The van der Waals surface area contributed by atoms with E-state index in [9.17, 15) is 4.39 Å². The van der Waals surface area contributed by atoms with Crippen molar-refractivity contribution >= 4 is 0 Å². The van der Waals surface area contributed by atoms with Gasteiger partial charge in [0.1, 0.15) is 11.6 Å². The van der Waals surface area contributed by atoms with Gasteiger partial charge in [0.05, 0.1) is 7.11 Å². The average Bonchev–Trinajstić information content (AvgIpc) is 2.61. The summed E-state index contributed by atoms with van der Waals surface area (Å²) in [4.78, 5) is 2.46. The molecule has 0 saturated carbocycles. The molecule has 2 aromatic carbocycles. The number of hydrogen-bond acceptors (Lipinski definition) is 3. The number of nitrogens with zero attached hydrogens (tertiary/aromatic N) is 1. The Morgan fingerprint density at radius 2 is 2.00 bits per heavy atom. The molecule has 0 spiro atoms. The lowest BCUT2D eigenvalue weighted by Crippen LogP contribution is -2.41. The quantitative estimate of drug-likeness (QED) is 0.880. The van der Waals surface area contributed by atoms with E-state index in [1.165, 1.54) is 17.2 Å². The molecule has 4 heteroatoms. The van der Waals surface area contributed by atoms with Gasteiger partial charge in [0.25, 0.3) is 0 Å². The predicted octanol–water partition coefficient (Wildman–Crippen LogP) is 3.37. The zero-order valence-corrected chi connectivity index (χ0v) is 14.4. The molecule has 3 nitrogen and oxygen atoms in total. The van der Waals surface area contributed by atoms with Crippen molar-refractivity contribution in [1.82, 2.24) is 10.2 Å². The maximum Gasteiger partial charge on any atom is 0.127 e. The van der Waals surface area contributed by atoms with Gasteiger partial charge in [-0.3, -0.25) is 4.90 Å². The van der Waals surface area contributed by atoms with Gasteiger partial charge in [0.2, 0.25) is 0 Å². The van der Waals surface area contributed by atoms with Crippen molar-refractivity contribution in [1.29, 1.82) is 0 Å². The van der Waals surface area contributed by atoms with Gasteiger partial charge in [-0.25, -0.2) is 4.39 Å². The minimum absolute atomic E-state index is 0.192. The fraction of sp³-hybridized carbons (Fsp3) is 0.400. The Balaban J connectivity index is 1.52. The molecule has 1 atom stereocenters. The first-order valence-electron chi connectivity index (χ1n) is 8.50. The molecule has 1 N–H and O–H groups in total. The monoisotopic (exact) mass is 328 g/mol. The van der Waals surface area contributed by atoms with Crippen molar-refractivity contribution in [2.24, 2.45) is 0 Å². The predicted molar refractivity (Wildman–Crippen MR) is 94.7 cm³/mol. The van der Waals surface area contributed by atoms with Gasteiger partial charge < -0.3 is 10.1 Å². The van der Waals surface area contributed by atoms with Crippen LogP contribution in [0, 0.1) is 5.82 Å². The van der Waals surface area contributed by atoms with Crippen LogP contribution in [0.25, 0.3) is 0 Å². The molecule has 1 aliphatic rings. The summed E-state index contributed by atoms with van der Waals surface area (Å²) >= 11 is 0. The molecule has 24 heavy (non-hydrogen) atoms. The molecular formula is C20H25FN2O. The summed E-state index contributed by atoms with van der Waals surface area (Å²) in [5.41, 5.74) is 3.53. The standard InChI is InChI=1S/C20H25FN2O/c1-15(22-12-18-11-19(24-2)7-8-20(18)21)13-23-10-9-16-5-3-4-6-17(16)14-23/h3-8,11,15,22H,9-10,12-14H2,1-2H3. The highest BCUT2D eigenvalue weighted by molar-refractivity contribution is 5.30. The van der Waals surface area contributed by atoms with Crippen molar-refractivity contribution in [2.75, 3.05) is 20.2 Å². The first kappa shape index (κ1) is 16.9. The highest BCUT2D eigenvalue weighted by Crippen LogP contribution is 2.19. The Bertz CT molecular complexity index is 689. The van der Waals surface area contributed by atoms with Crippen LogP contribution in [-0.4, -0.2) is 31.1 Å². The number of hydrogen-bond donors (Lipinski definition) is 1. The summed E-state index contributed by atoms with van der Waals surface area (Å²) in [6.45, 7) is 5.69. The largest absolute Gasteiger partial charge is 0.497 e. The number of methoxy groups -OCH3 is 1. The van der Waals surface area contributed by atoms with E-state index in [0.717, 1.165) is 26.1 Å². The van der Waals surface area contributed by atoms with Gasteiger partial charge in [0.15, 0.2) is 0 Å². The van der Waals surface area contributed by atoms with Crippen LogP contribution >= 0.6 is 0 Å². The summed E-state index contributed by atoms with van der Waals surface area (Å²) in [5.74, 6) is 0.496. The summed E-state index contributed by atoms with van der Waals surface area (Å²) in [6, 6.07) is 13.8. The van der Waals surface area contributed by atoms with E-state index in [0.29, 0.717) is 23.9 Å². The van der Waals surface area contributed by atoms with E-state index < -0.39 is 0 Å². The third-order valence-corrected chi connectivity index (χ3v) is 4.64. The molecule has 0 saturated heterocycles. The number of rotatable bonds is 6. The van der Waals surface area contributed by atoms with E-state index in [1.54, 1.807) is 19.2 Å². The first-order valence-corrected chi connectivity index (χ1v) is 8.50. The van der Waals surface area contributed by atoms with Crippen LogP contribution in [0.4, 0.5) is 4.39 Å². The van der Waals surface area contributed by atoms with Crippen molar-refractivity contribution in [2.45, 2.75) is 32.5 Å². The molecule has 0 aromatic heterocycles. The van der Waals surface area contributed by atoms with E-state index in [2.05, 4.69) is 41.4 Å². The highest BCUT2D eigenvalue weighted by atomic mass is 19.1. The van der Waals surface area contributed by atoms with Gasteiger partial charge in [0, 0.05) is 37.8 Å². The summed E-state index contributed by atoms with van der Waals surface area (Å²) in [5, 5.41) is 3.43. The Kier molecular flexibility index (Phi) is 5.48. The fourth-order valence-electron chi connectivity index (χ4n) is 3.26. The van der Waals surface area contributed by atoms with Gasteiger partial charge in [-0.15, -0.1) is 0 Å². The molecule has 2 aromatic rings. The van der Waals surface area contributed by atoms with E-state index in [1.807, 2.05) is 0 Å². The minimum atomic E-state index is -0.192. The highest BCUT2D eigenvalue weighted by Gasteiger charge is 2.17. The second-order valence-corrected chi connectivity index (χ2v) is 6.49. The maximum atomic E-state index is 13.9. The van der Waals surface area contributed by atoms with Crippen LogP contribution in [-0.2, 0) is 19.5 Å². The Morgan fingerprint density at radius 3 is 2.79 bits per heavy atom. The van der Waals surface area contributed by atoms with Crippen molar-refractivity contribution in [3.8, 4) is 5.75 Å². The smallest absolute Gasteiger partial charge is 0.127 e. The molecule has 0 aliphatic carbocycles. The second-order valence-electron chi connectivity index (χ2n) is 6.49. The summed E-state index contributed by atoms with van der Waals surface area (Å²) in [7, 11) is 1.60. The van der Waals surface area contributed by atoms with Crippen molar-refractivity contribution < 1.29 is 9.13 Å². The molecule has 1 aliphatic heterocycles. The molecule has 0 fully saturated rings. The number of nitrogens with one attached hydrogen (secondary N) is 1. The molecule has 1 unspecified atom stereocenters. The first-order chi connectivity index (χ1) is 11.7. The van der Waals surface area contributed by atoms with Gasteiger partial charge in [-0.05, 0) is 42.7 Å². The molecule has 3 rings (SSSR count). The van der Waals surface area contributed by atoms with Crippen molar-refractivity contribution in [3.63, 3.8) is 0 Å². The molecule has 128 valence electrons. The van der Waals surface area contributed by atoms with Crippen LogP contribution in [0.2, 0.25) is 0 Å². The van der Waals surface area contributed by atoms with E-state index in [4.69, 9.17) is 4.74 Å². The van der Waals surface area contributed by atoms with Crippen molar-refractivity contribution in [3.05, 3.63) is 65.0 Å². The lowest BCUT2D eigenvalue weighted by molar-refractivity contribution is 0.229. The zero-order chi connectivity index (χ0) is 16.9. The second kappa shape index (κ2) is 7.77. The van der Waals surface area contributed by atoms with Crippen LogP contribution in [0.5, 0.6) is 5.75 Å². The minimum Gasteiger partial charge on any atom is -0.497 e. The zero-order valence-electron chi connectivity index (χ0n) is 14.4. The molecule has 0 amide bonds. The third kappa shape index (κ3) is 4.13. The molecule has 1 heterocycles. The van der Waals surface area contributed by atoms with Crippen LogP contribution in [0.1, 0.15) is 23.6 Å². The maximum absolute atomic E-state index is 13.9. The number of fused-ring (bicyclic) bond motifs is 1. The van der Waals surface area contributed by atoms with E-state index in [-0.39, 0.29) is 5.82 Å². The van der Waals surface area contributed by atoms with Crippen LogP contribution in [0.3, 0.4) is 0 Å². The lowest BCUT2D eigenvalue weighted by Gasteiger charge is -2.31. The van der Waals surface area contributed by atoms with E-state index >= 15 is 0 Å². The number of ether oxygens (including phenoxy) is 1. The number of benzene rings is 2. The lowest BCUT2D eigenvalue weighted by atomic mass is 9.99. The fourth-order valence-corrected chi connectivity index (χ4v) is 3.26. The Hall–Kier alpha value is -1.91. The van der Waals surface area contributed by atoms with Gasteiger partial charge >= 0.3 is 0 Å². The van der Waals surface area contributed by atoms with Crippen LogP contribution < -0.4 is 10.1 Å². The summed E-state index contributed by atoms with van der Waals surface area (Å²) < 4.78 is 19.0. The van der Waals surface area contributed by atoms with Gasteiger partial charge in [-0.2, -0.15) is 0 Å². The third-order valence-electron chi connectivity index (χ3n) is 4.64. The normalized spacial score (nSPS) is 15.8. The van der Waals surface area contributed by atoms with Gasteiger partial charge in [-0.1, -0.05) is 24.3 Å². The molecular weight excluding hydrogens is 303 g/mol. The topological polar surface area (TPSA) is 24.5 Å². The molecule has 0 bridgehead atoms. The average molecular weight is 328 g/mol. The SMILES string of the molecule is COc1ccc(F)c(CNC(C)CN2CCc3ccccc3C2)c1. The van der Waals surface area contributed by atoms with Crippen LogP contribution in [0.15, 0.2) is 42.5 Å². The number of halogens is 1. The molecule has 0 radical (unpaired) electrons.